The second kappa shape index (κ2) is 4.56. The lowest BCUT2D eigenvalue weighted by Gasteiger charge is -2.13. The lowest BCUT2D eigenvalue weighted by Crippen LogP contribution is -2.21. The lowest BCUT2D eigenvalue weighted by molar-refractivity contribution is -0.143. The van der Waals surface area contributed by atoms with E-state index in [1.165, 1.54) is 6.08 Å². The molecule has 0 aliphatic carbocycles. The molecule has 2 atom stereocenters. The molecule has 0 aliphatic rings. The molecule has 14 heavy (non-hydrogen) atoms. The van der Waals surface area contributed by atoms with Gasteiger partial charge in [0.25, 0.3) is 0 Å². The summed E-state index contributed by atoms with van der Waals surface area (Å²) in [5, 5.41) is 8.52. The summed E-state index contributed by atoms with van der Waals surface area (Å²) < 4.78 is 13.2. The molecule has 2 unspecified atom stereocenters. The Morgan fingerprint density at radius 2 is 2.00 bits per heavy atom. The summed E-state index contributed by atoms with van der Waals surface area (Å²) in [6.45, 7) is 3.44. The number of carboxylic acids is 1. The maximum atomic E-state index is 13.2. The molecule has 0 saturated carbocycles. The van der Waals surface area contributed by atoms with Crippen LogP contribution < -0.4 is 0 Å². The van der Waals surface area contributed by atoms with Crippen molar-refractivity contribution >= 4 is 5.97 Å². The molecule has 1 aromatic carbocycles. The Morgan fingerprint density at radius 1 is 1.43 bits per heavy atom. The number of allylic oxidation sites excluding steroid dienone is 1. The summed E-state index contributed by atoms with van der Waals surface area (Å²) in [6.07, 6.45) is -0.622. The van der Waals surface area contributed by atoms with Crippen LogP contribution in [0.1, 0.15) is 11.5 Å². The first kappa shape index (κ1) is 10.4. The second-order valence-electron chi connectivity index (χ2n) is 2.91. The minimum atomic E-state index is -1.94. The van der Waals surface area contributed by atoms with Crippen LogP contribution in [0.3, 0.4) is 0 Å². The van der Waals surface area contributed by atoms with E-state index in [0.29, 0.717) is 5.56 Å². The topological polar surface area (TPSA) is 37.3 Å². The number of aliphatic carboxylic acids is 1. The molecular weight excluding hydrogens is 183 g/mol. The van der Waals surface area contributed by atoms with Gasteiger partial charge in [-0.05, 0) is 5.56 Å². The molecule has 1 N–H and O–H groups in total. The third-order valence-electron chi connectivity index (χ3n) is 1.99. The van der Waals surface area contributed by atoms with Crippen molar-refractivity contribution in [1.82, 2.24) is 0 Å². The summed E-state index contributed by atoms with van der Waals surface area (Å²) in [5.41, 5.74) is 0.623. The van der Waals surface area contributed by atoms with Gasteiger partial charge in [-0.15, -0.1) is 6.58 Å². The zero-order chi connectivity index (χ0) is 10.6. The fourth-order valence-corrected chi connectivity index (χ4v) is 1.25. The van der Waals surface area contributed by atoms with Gasteiger partial charge in [0, 0.05) is 5.92 Å². The van der Waals surface area contributed by atoms with Crippen molar-refractivity contribution in [3.05, 3.63) is 48.6 Å². The van der Waals surface area contributed by atoms with Gasteiger partial charge in [0.15, 0.2) is 0 Å². The van der Waals surface area contributed by atoms with Crippen LogP contribution in [0, 0.1) is 0 Å². The smallest absolute Gasteiger partial charge is 0.339 e. The van der Waals surface area contributed by atoms with Gasteiger partial charge >= 0.3 is 5.97 Å². The molecule has 74 valence electrons. The standard InChI is InChI=1S/C11H11FO2/c1-2-9(10(12)11(13)14)8-6-4-3-5-7-8/h2-7,9-10H,1H2,(H,13,14). The third-order valence-corrected chi connectivity index (χ3v) is 1.99. The van der Waals surface area contributed by atoms with E-state index >= 15 is 0 Å². The van der Waals surface area contributed by atoms with Gasteiger partial charge in [0.1, 0.15) is 0 Å². The Bertz CT molecular complexity index is 321. The van der Waals surface area contributed by atoms with Crippen molar-refractivity contribution in [3.63, 3.8) is 0 Å². The van der Waals surface area contributed by atoms with Crippen LogP contribution in [0.15, 0.2) is 43.0 Å². The van der Waals surface area contributed by atoms with Crippen LogP contribution in [-0.4, -0.2) is 17.2 Å². The number of hydrogen-bond donors (Lipinski definition) is 1. The minimum absolute atomic E-state index is 0.623. The molecule has 0 fully saturated rings. The van der Waals surface area contributed by atoms with E-state index in [1.807, 2.05) is 0 Å². The second-order valence-corrected chi connectivity index (χ2v) is 2.91. The van der Waals surface area contributed by atoms with E-state index in [2.05, 4.69) is 6.58 Å². The van der Waals surface area contributed by atoms with Crippen molar-refractivity contribution in [3.8, 4) is 0 Å². The van der Waals surface area contributed by atoms with E-state index in [9.17, 15) is 9.18 Å². The number of hydrogen-bond acceptors (Lipinski definition) is 1. The van der Waals surface area contributed by atoms with Crippen LogP contribution >= 0.6 is 0 Å². The summed E-state index contributed by atoms with van der Waals surface area (Å²) in [7, 11) is 0. The van der Waals surface area contributed by atoms with Crippen LogP contribution in [0.5, 0.6) is 0 Å². The van der Waals surface area contributed by atoms with E-state index < -0.39 is 18.1 Å². The molecule has 0 spiro atoms. The van der Waals surface area contributed by atoms with Gasteiger partial charge in [-0.2, -0.15) is 0 Å². The van der Waals surface area contributed by atoms with Crippen LogP contribution in [0.2, 0.25) is 0 Å². The highest BCUT2D eigenvalue weighted by Crippen LogP contribution is 2.23. The average molecular weight is 194 g/mol. The van der Waals surface area contributed by atoms with Crippen molar-refractivity contribution < 1.29 is 14.3 Å². The molecule has 0 radical (unpaired) electrons. The van der Waals surface area contributed by atoms with E-state index in [4.69, 9.17) is 5.11 Å². The highest BCUT2D eigenvalue weighted by Gasteiger charge is 2.26. The highest BCUT2D eigenvalue weighted by molar-refractivity contribution is 5.74. The third kappa shape index (κ3) is 2.19. The monoisotopic (exact) mass is 194 g/mol. The fraction of sp³-hybridized carbons (Fsp3) is 0.182. The first-order valence-electron chi connectivity index (χ1n) is 4.21. The van der Waals surface area contributed by atoms with Gasteiger partial charge < -0.3 is 5.11 Å². The quantitative estimate of drug-likeness (QED) is 0.747. The highest BCUT2D eigenvalue weighted by atomic mass is 19.1. The molecule has 0 saturated heterocycles. The molecule has 0 amide bonds. The first-order valence-corrected chi connectivity index (χ1v) is 4.21. The van der Waals surface area contributed by atoms with Crippen LogP contribution in [0.4, 0.5) is 4.39 Å². The Morgan fingerprint density at radius 3 is 2.43 bits per heavy atom. The molecule has 2 nitrogen and oxygen atoms in total. The van der Waals surface area contributed by atoms with E-state index in [0.717, 1.165) is 0 Å². The van der Waals surface area contributed by atoms with Gasteiger partial charge in [0.05, 0.1) is 0 Å². The zero-order valence-corrected chi connectivity index (χ0v) is 7.56. The van der Waals surface area contributed by atoms with Crippen molar-refractivity contribution in [1.29, 1.82) is 0 Å². The van der Waals surface area contributed by atoms with Crippen molar-refractivity contribution in [2.24, 2.45) is 0 Å². The number of rotatable bonds is 4. The van der Waals surface area contributed by atoms with E-state index in [-0.39, 0.29) is 0 Å². The summed E-state index contributed by atoms with van der Waals surface area (Å²) in [6, 6.07) is 8.63. The summed E-state index contributed by atoms with van der Waals surface area (Å²) in [4.78, 5) is 10.5. The summed E-state index contributed by atoms with van der Waals surface area (Å²) in [5.74, 6) is -2.24. The summed E-state index contributed by atoms with van der Waals surface area (Å²) >= 11 is 0. The van der Waals surface area contributed by atoms with Gasteiger partial charge in [-0.25, -0.2) is 9.18 Å². The number of halogens is 1. The van der Waals surface area contributed by atoms with E-state index in [1.54, 1.807) is 30.3 Å². The normalized spacial score (nSPS) is 14.4. The molecule has 3 heteroatoms. The number of carbonyl (C=O) groups is 1. The maximum Gasteiger partial charge on any atom is 0.339 e. The molecule has 1 aromatic rings. The fourth-order valence-electron chi connectivity index (χ4n) is 1.25. The minimum Gasteiger partial charge on any atom is -0.479 e. The molecule has 1 rings (SSSR count). The molecular formula is C11H11FO2. The Kier molecular flexibility index (Phi) is 3.40. The number of alkyl halides is 1. The first-order chi connectivity index (χ1) is 6.66. The van der Waals surface area contributed by atoms with Gasteiger partial charge in [-0.1, -0.05) is 36.4 Å². The van der Waals surface area contributed by atoms with Crippen molar-refractivity contribution in [2.45, 2.75) is 12.1 Å². The predicted molar refractivity (Wildman–Crippen MR) is 51.9 cm³/mol. The lowest BCUT2D eigenvalue weighted by atomic mass is 9.94. The number of benzene rings is 1. The number of carboxylic acid groups (broad SMARTS) is 1. The van der Waals surface area contributed by atoms with Gasteiger partial charge in [-0.3, -0.25) is 0 Å². The zero-order valence-electron chi connectivity index (χ0n) is 7.56. The molecule has 0 bridgehead atoms. The van der Waals surface area contributed by atoms with Crippen LogP contribution in [0.25, 0.3) is 0 Å². The Balaban J connectivity index is 2.93. The predicted octanol–water partition coefficient (Wildman–Crippen LogP) is 2.38. The SMILES string of the molecule is C=CC(c1ccccc1)C(F)C(=O)O. The largest absolute Gasteiger partial charge is 0.479 e. The molecule has 0 aromatic heterocycles. The Labute approximate surface area is 81.7 Å². The van der Waals surface area contributed by atoms with Crippen molar-refractivity contribution in [2.75, 3.05) is 0 Å². The van der Waals surface area contributed by atoms with Crippen LogP contribution in [-0.2, 0) is 4.79 Å². The molecule has 0 aliphatic heterocycles. The Hall–Kier alpha value is -1.64. The average Bonchev–Trinajstić information content (AvgIpc) is 2.20. The molecule has 0 heterocycles. The van der Waals surface area contributed by atoms with Gasteiger partial charge in [0.2, 0.25) is 6.17 Å². The maximum absolute atomic E-state index is 13.2.